The van der Waals surface area contributed by atoms with Crippen LogP contribution in [0.2, 0.25) is 0 Å². The molecule has 0 aromatic heterocycles. The van der Waals surface area contributed by atoms with Crippen LogP contribution in [0.25, 0.3) is 0 Å². The van der Waals surface area contributed by atoms with Crippen LogP contribution in [0.3, 0.4) is 0 Å². The molecule has 4 nitrogen and oxygen atoms in total. The number of aromatic hydroxyl groups is 1. The number of carbonyl (C=O) groups is 1. The molecule has 1 aliphatic heterocycles. The van der Waals surface area contributed by atoms with Crippen molar-refractivity contribution in [3.8, 4) is 5.75 Å². The highest BCUT2D eigenvalue weighted by Crippen LogP contribution is 2.51. The first-order valence-electron chi connectivity index (χ1n) is 10.5. The lowest BCUT2D eigenvalue weighted by molar-refractivity contribution is -0.00817. The van der Waals surface area contributed by atoms with Gasteiger partial charge in [0, 0.05) is 17.0 Å². The van der Waals surface area contributed by atoms with E-state index in [2.05, 4.69) is 6.08 Å². The van der Waals surface area contributed by atoms with Crippen molar-refractivity contribution in [2.24, 2.45) is 11.8 Å². The molecular formula is C26H28O4. The van der Waals surface area contributed by atoms with Gasteiger partial charge in [-0.2, -0.15) is 0 Å². The maximum Gasteiger partial charge on any atom is 0.339 e. The number of hydrogen-bond donors (Lipinski definition) is 2. The minimum absolute atomic E-state index is 0.117. The SMILES string of the molecule is CC(C)C1=CC(C2(c3ccc(O)c(C(C)C)c3)OC(=O)c3ccccc32)CC=C1O. The Balaban J connectivity index is 1.98. The van der Waals surface area contributed by atoms with Gasteiger partial charge in [-0.05, 0) is 53.7 Å². The number of aliphatic hydroxyl groups is 1. The van der Waals surface area contributed by atoms with Crippen LogP contribution in [0, 0.1) is 11.8 Å². The molecule has 2 aromatic rings. The molecule has 2 N–H and O–H groups in total. The van der Waals surface area contributed by atoms with E-state index in [1.165, 1.54) is 0 Å². The van der Waals surface area contributed by atoms with Crippen molar-refractivity contribution in [1.82, 2.24) is 0 Å². The molecule has 0 radical (unpaired) electrons. The predicted molar refractivity (Wildman–Crippen MR) is 117 cm³/mol. The number of rotatable bonds is 4. The number of benzene rings is 2. The van der Waals surface area contributed by atoms with Crippen LogP contribution in [0.5, 0.6) is 5.75 Å². The maximum atomic E-state index is 12.9. The molecule has 2 aromatic carbocycles. The number of hydrogen-bond acceptors (Lipinski definition) is 4. The monoisotopic (exact) mass is 404 g/mol. The van der Waals surface area contributed by atoms with Crippen LogP contribution in [-0.4, -0.2) is 16.2 Å². The molecule has 0 fully saturated rings. The summed E-state index contributed by atoms with van der Waals surface area (Å²) in [5.41, 5.74) is 2.89. The summed E-state index contributed by atoms with van der Waals surface area (Å²) in [7, 11) is 0. The molecular weight excluding hydrogens is 376 g/mol. The van der Waals surface area contributed by atoms with E-state index >= 15 is 0 Å². The zero-order valence-corrected chi connectivity index (χ0v) is 17.8. The molecule has 0 spiro atoms. The molecule has 4 heteroatoms. The van der Waals surface area contributed by atoms with E-state index in [0.29, 0.717) is 17.7 Å². The topological polar surface area (TPSA) is 66.8 Å². The number of carbonyl (C=O) groups excluding carboxylic acids is 1. The Morgan fingerprint density at radius 1 is 1.03 bits per heavy atom. The average Bonchev–Trinajstić information content (AvgIpc) is 3.02. The molecule has 0 amide bonds. The van der Waals surface area contributed by atoms with E-state index in [9.17, 15) is 15.0 Å². The van der Waals surface area contributed by atoms with Gasteiger partial charge in [-0.15, -0.1) is 0 Å². The van der Waals surface area contributed by atoms with Crippen molar-refractivity contribution in [3.63, 3.8) is 0 Å². The Kier molecular flexibility index (Phi) is 4.97. The van der Waals surface area contributed by atoms with Gasteiger partial charge in [0.1, 0.15) is 11.5 Å². The lowest BCUT2D eigenvalue weighted by Crippen LogP contribution is -2.37. The van der Waals surface area contributed by atoms with Gasteiger partial charge in [0.15, 0.2) is 5.60 Å². The molecule has 156 valence electrons. The lowest BCUT2D eigenvalue weighted by Gasteiger charge is -2.38. The fourth-order valence-electron chi connectivity index (χ4n) is 4.69. The minimum Gasteiger partial charge on any atom is -0.508 e. The number of aliphatic hydroxyl groups excluding tert-OH is 1. The van der Waals surface area contributed by atoms with Gasteiger partial charge in [-0.25, -0.2) is 4.79 Å². The van der Waals surface area contributed by atoms with E-state index in [1.54, 1.807) is 12.1 Å². The van der Waals surface area contributed by atoms with Gasteiger partial charge in [0.25, 0.3) is 0 Å². The number of phenolic OH excluding ortho intramolecular Hbond substituents is 1. The Bertz CT molecular complexity index is 1060. The van der Waals surface area contributed by atoms with Crippen molar-refractivity contribution in [1.29, 1.82) is 0 Å². The summed E-state index contributed by atoms with van der Waals surface area (Å²) < 4.78 is 6.21. The van der Waals surface area contributed by atoms with E-state index in [-0.39, 0.29) is 29.5 Å². The quantitative estimate of drug-likeness (QED) is 0.616. The van der Waals surface area contributed by atoms with Crippen molar-refractivity contribution < 1.29 is 19.7 Å². The van der Waals surface area contributed by atoms with E-state index in [4.69, 9.17) is 4.74 Å². The summed E-state index contributed by atoms with van der Waals surface area (Å²) in [6, 6.07) is 13.0. The van der Waals surface area contributed by atoms with Gasteiger partial charge >= 0.3 is 5.97 Å². The smallest absolute Gasteiger partial charge is 0.339 e. The lowest BCUT2D eigenvalue weighted by atomic mass is 9.71. The summed E-state index contributed by atoms with van der Waals surface area (Å²) in [6.45, 7) is 8.13. The van der Waals surface area contributed by atoms with Crippen molar-refractivity contribution in [3.05, 3.63) is 88.2 Å². The molecule has 2 aliphatic rings. The van der Waals surface area contributed by atoms with E-state index in [1.807, 2.05) is 64.1 Å². The number of allylic oxidation sites excluding steroid dienone is 2. The number of esters is 1. The molecule has 1 aliphatic carbocycles. The number of phenols is 1. The number of fused-ring (bicyclic) bond motifs is 1. The first kappa shape index (κ1) is 20.3. The van der Waals surface area contributed by atoms with Crippen LogP contribution in [0.4, 0.5) is 0 Å². The number of ether oxygens (including phenoxy) is 1. The summed E-state index contributed by atoms with van der Waals surface area (Å²) in [5.74, 6) is 0.264. The Hall–Kier alpha value is -3.01. The molecule has 1 heterocycles. The summed E-state index contributed by atoms with van der Waals surface area (Å²) in [5, 5.41) is 20.8. The molecule has 0 saturated heterocycles. The third-order valence-electron chi connectivity index (χ3n) is 6.27. The van der Waals surface area contributed by atoms with Crippen molar-refractivity contribution in [2.75, 3.05) is 0 Å². The molecule has 0 saturated carbocycles. The van der Waals surface area contributed by atoms with Gasteiger partial charge in [0.2, 0.25) is 0 Å². The Morgan fingerprint density at radius 2 is 1.77 bits per heavy atom. The van der Waals surface area contributed by atoms with Crippen molar-refractivity contribution in [2.45, 2.75) is 45.6 Å². The average molecular weight is 405 g/mol. The second kappa shape index (κ2) is 7.35. The second-order valence-electron chi connectivity index (χ2n) is 8.81. The third-order valence-corrected chi connectivity index (χ3v) is 6.27. The maximum absolute atomic E-state index is 12.9. The summed E-state index contributed by atoms with van der Waals surface area (Å²) in [4.78, 5) is 12.9. The summed E-state index contributed by atoms with van der Waals surface area (Å²) >= 11 is 0. The largest absolute Gasteiger partial charge is 0.508 e. The highest BCUT2D eigenvalue weighted by atomic mass is 16.6. The molecule has 0 bridgehead atoms. The standard InChI is InChI=1S/C26H28O4/c1-15(2)20-13-17(9-11-23(20)27)26(18-10-12-24(28)21(14-18)16(3)4)22-8-6-5-7-19(22)25(29)30-26/h5-9,11-16,18,27-28H,10H2,1-4H3. The Labute approximate surface area is 177 Å². The molecule has 2 atom stereocenters. The predicted octanol–water partition coefficient (Wildman–Crippen LogP) is 5.97. The fourth-order valence-corrected chi connectivity index (χ4v) is 4.69. The third kappa shape index (κ3) is 3.02. The highest BCUT2D eigenvalue weighted by molar-refractivity contribution is 5.95. The molecule has 4 rings (SSSR count). The molecule has 2 unspecified atom stereocenters. The van der Waals surface area contributed by atoms with Gasteiger partial charge in [-0.1, -0.05) is 58.0 Å². The zero-order valence-electron chi connectivity index (χ0n) is 17.8. The first-order valence-corrected chi connectivity index (χ1v) is 10.5. The fraction of sp³-hybridized carbons (Fsp3) is 0.346. The van der Waals surface area contributed by atoms with Gasteiger partial charge < -0.3 is 14.9 Å². The van der Waals surface area contributed by atoms with E-state index < -0.39 is 5.60 Å². The normalized spacial score (nSPS) is 23.3. The van der Waals surface area contributed by atoms with Gasteiger partial charge in [0.05, 0.1) is 5.56 Å². The van der Waals surface area contributed by atoms with Crippen LogP contribution in [-0.2, 0) is 10.3 Å². The second-order valence-corrected chi connectivity index (χ2v) is 8.81. The number of cyclic esters (lactones) is 1. The summed E-state index contributed by atoms with van der Waals surface area (Å²) in [6.07, 6.45) is 4.42. The van der Waals surface area contributed by atoms with Crippen LogP contribution >= 0.6 is 0 Å². The molecule has 30 heavy (non-hydrogen) atoms. The zero-order chi connectivity index (χ0) is 21.6. The Morgan fingerprint density at radius 3 is 2.47 bits per heavy atom. The van der Waals surface area contributed by atoms with Crippen LogP contribution < -0.4 is 0 Å². The van der Waals surface area contributed by atoms with E-state index in [0.717, 1.165) is 22.3 Å². The van der Waals surface area contributed by atoms with Gasteiger partial charge in [-0.3, -0.25) is 0 Å². The first-order chi connectivity index (χ1) is 14.3. The van der Waals surface area contributed by atoms with Crippen LogP contribution in [0.1, 0.15) is 67.1 Å². The van der Waals surface area contributed by atoms with Crippen molar-refractivity contribution >= 4 is 5.97 Å². The highest BCUT2D eigenvalue weighted by Gasteiger charge is 2.52. The minimum atomic E-state index is -1.01. The van der Waals surface area contributed by atoms with Crippen LogP contribution in [0.15, 0.2) is 65.9 Å².